The summed E-state index contributed by atoms with van der Waals surface area (Å²) in [6.07, 6.45) is 1.79. The Hall–Kier alpha value is -1.55. The number of hydrogen-bond acceptors (Lipinski definition) is 3. The standard InChI is InChI=1S/C17H21BrN2O/c1-4-19-17-13(6-5-9-20-17)11-21-16-8-7-14(18)10-15(16)12(2)3/h5-10,12H,4,11H2,1-3H3,(H,19,20). The van der Waals surface area contributed by atoms with E-state index < -0.39 is 0 Å². The van der Waals surface area contributed by atoms with E-state index in [4.69, 9.17) is 4.74 Å². The summed E-state index contributed by atoms with van der Waals surface area (Å²) in [5, 5.41) is 3.26. The van der Waals surface area contributed by atoms with Crippen molar-refractivity contribution in [3.05, 3.63) is 52.1 Å². The summed E-state index contributed by atoms with van der Waals surface area (Å²) in [5.41, 5.74) is 2.27. The van der Waals surface area contributed by atoms with Gasteiger partial charge in [0.15, 0.2) is 0 Å². The fourth-order valence-electron chi connectivity index (χ4n) is 2.14. The van der Waals surface area contributed by atoms with E-state index in [1.165, 1.54) is 5.56 Å². The minimum absolute atomic E-state index is 0.416. The molecule has 0 atom stereocenters. The van der Waals surface area contributed by atoms with Gasteiger partial charge >= 0.3 is 0 Å². The lowest BCUT2D eigenvalue weighted by atomic mass is 10.0. The van der Waals surface area contributed by atoms with Crippen LogP contribution in [0.5, 0.6) is 5.75 Å². The maximum atomic E-state index is 6.03. The van der Waals surface area contributed by atoms with E-state index in [-0.39, 0.29) is 0 Å². The molecule has 0 radical (unpaired) electrons. The Morgan fingerprint density at radius 1 is 1.29 bits per heavy atom. The van der Waals surface area contributed by atoms with Gasteiger partial charge in [-0.05, 0) is 42.7 Å². The molecule has 0 spiro atoms. The Labute approximate surface area is 134 Å². The molecular formula is C17H21BrN2O. The molecule has 0 fully saturated rings. The molecule has 4 heteroatoms. The number of halogens is 1. The van der Waals surface area contributed by atoms with Crippen LogP contribution in [-0.2, 0) is 6.61 Å². The van der Waals surface area contributed by atoms with E-state index >= 15 is 0 Å². The first kappa shape index (κ1) is 15.8. The van der Waals surface area contributed by atoms with Crippen molar-refractivity contribution in [2.45, 2.75) is 33.3 Å². The van der Waals surface area contributed by atoms with Crippen LogP contribution in [0.1, 0.15) is 37.8 Å². The molecular weight excluding hydrogens is 328 g/mol. The maximum Gasteiger partial charge on any atom is 0.132 e. The van der Waals surface area contributed by atoms with Crippen molar-refractivity contribution in [1.82, 2.24) is 4.98 Å². The highest BCUT2D eigenvalue weighted by molar-refractivity contribution is 9.10. The van der Waals surface area contributed by atoms with Gasteiger partial charge in [-0.15, -0.1) is 0 Å². The third kappa shape index (κ3) is 4.21. The van der Waals surface area contributed by atoms with Gasteiger partial charge in [-0.1, -0.05) is 35.8 Å². The maximum absolute atomic E-state index is 6.03. The Bertz CT molecular complexity index is 599. The molecule has 3 nitrogen and oxygen atoms in total. The second-order valence-corrected chi connectivity index (χ2v) is 6.08. The number of anilines is 1. The number of ether oxygens (including phenoxy) is 1. The first-order valence-corrected chi connectivity index (χ1v) is 8.01. The highest BCUT2D eigenvalue weighted by atomic mass is 79.9. The number of rotatable bonds is 6. The van der Waals surface area contributed by atoms with Crippen LogP contribution in [0.3, 0.4) is 0 Å². The Morgan fingerprint density at radius 2 is 2.10 bits per heavy atom. The normalized spacial score (nSPS) is 10.7. The highest BCUT2D eigenvalue weighted by Crippen LogP contribution is 2.30. The summed E-state index contributed by atoms with van der Waals surface area (Å²) in [5.74, 6) is 2.24. The molecule has 0 unspecified atom stereocenters. The van der Waals surface area contributed by atoms with Gasteiger partial charge in [0.1, 0.15) is 18.2 Å². The average molecular weight is 349 g/mol. The zero-order valence-corrected chi connectivity index (χ0v) is 14.3. The molecule has 2 rings (SSSR count). The quantitative estimate of drug-likeness (QED) is 0.799. The first-order valence-electron chi connectivity index (χ1n) is 7.21. The van der Waals surface area contributed by atoms with Gasteiger partial charge in [0.2, 0.25) is 0 Å². The van der Waals surface area contributed by atoms with Crippen LogP contribution in [0.15, 0.2) is 41.0 Å². The van der Waals surface area contributed by atoms with Gasteiger partial charge in [-0.25, -0.2) is 4.98 Å². The molecule has 1 aromatic carbocycles. The molecule has 2 aromatic rings. The van der Waals surface area contributed by atoms with E-state index in [2.05, 4.69) is 53.1 Å². The number of benzene rings is 1. The van der Waals surface area contributed by atoms with Crippen LogP contribution in [-0.4, -0.2) is 11.5 Å². The molecule has 0 aliphatic heterocycles. The Morgan fingerprint density at radius 3 is 2.81 bits per heavy atom. The number of nitrogens with one attached hydrogen (secondary N) is 1. The first-order chi connectivity index (χ1) is 10.1. The predicted molar refractivity (Wildman–Crippen MR) is 91.0 cm³/mol. The van der Waals surface area contributed by atoms with Gasteiger partial charge in [-0.3, -0.25) is 0 Å². The van der Waals surface area contributed by atoms with E-state index in [0.29, 0.717) is 12.5 Å². The van der Waals surface area contributed by atoms with Crippen molar-refractivity contribution in [3.63, 3.8) is 0 Å². The third-order valence-electron chi connectivity index (χ3n) is 3.21. The van der Waals surface area contributed by atoms with Crippen LogP contribution in [0.2, 0.25) is 0 Å². The molecule has 0 saturated heterocycles. The molecule has 0 bridgehead atoms. The smallest absolute Gasteiger partial charge is 0.132 e. The van der Waals surface area contributed by atoms with E-state index in [9.17, 15) is 0 Å². The van der Waals surface area contributed by atoms with Crippen molar-refractivity contribution in [1.29, 1.82) is 0 Å². The van der Waals surface area contributed by atoms with E-state index in [1.54, 1.807) is 6.20 Å². The zero-order chi connectivity index (χ0) is 15.2. The summed E-state index contributed by atoms with van der Waals surface area (Å²) < 4.78 is 7.10. The van der Waals surface area contributed by atoms with Crippen LogP contribution >= 0.6 is 15.9 Å². The van der Waals surface area contributed by atoms with Crippen LogP contribution < -0.4 is 10.1 Å². The summed E-state index contributed by atoms with van der Waals surface area (Å²) in [6.45, 7) is 7.76. The SMILES string of the molecule is CCNc1ncccc1COc1ccc(Br)cc1C(C)C. The number of nitrogens with zero attached hydrogens (tertiary/aromatic N) is 1. The summed E-state index contributed by atoms with van der Waals surface area (Å²) in [4.78, 5) is 4.35. The monoisotopic (exact) mass is 348 g/mol. The lowest BCUT2D eigenvalue weighted by molar-refractivity contribution is 0.302. The summed E-state index contributed by atoms with van der Waals surface area (Å²) in [6, 6.07) is 10.1. The molecule has 1 N–H and O–H groups in total. The average Bonchev–Trinajstić information content (AvgIpc) is 2.47. The van der Waals surface area contributed by atoms with Crippen molar-refractivity contribution in [3.8, 4) is 5.75 Å². The lowest BCUT2D eigenvalue weighted by Gasteiger charge is -2.16. The summed E-state index contributed by atoms with van der Waals surface area (Å²) >= 11 is 3.52. The second-order valence-electron chi connectivity index (χ2n) is 5.17. The molecule has 0 aliphatic rings. The van der Waals surface area contributed by atoms with Crippen molar-refractivity contribution in [2.75, 3.05) is 11.9 Å². The number of aromatic nitrogens is 1. The Balaban J connectivity index is 2.17. The predicted octanol–water partition coefficient (Wildman–Crippen LogP) is 4.98. The highest BCUT2D eigenvalue weighted by Gasteiger charge is 2.10. The fourth-order valence-corrected chi connectivity index (χ4v) is 2.52. The van der Waals surface area contributed by atoms with Crippen molar-refractivity contribution >= 4 is 21.7 Å². The number of hydrogen-bond donors (Lipinski definition) is 1. The van der Waals surface area contributed by atoms with Crippen molar-refractivity contribution in [2.24, 2.45) is 0 Å². The van der Waals surface area contributed by atoms with Crippen LogP contribution in [0.4, 0.5) is 5.82 Å². The Kier molecular flexibility index (Phi) is 5.62. The molecule has 21 heavy (non-hydrogen) atoms. The molecule has 0 amide bonds. The third-order valence-corrected chi connectivity index (χ3v) is 3.71. The summed E-state index contributed by atoms with van der Waals surface area (Å²) in [7, 11) is 0. The fraction of sp³-hybridized carbons (Fsp3) is 0.353. The van der Waals surface area contributed by atoms with Crippen molar-refractivity contribution < 1.29 is 4.74 Å². The van der Waals surface area contributed by atoms with Crippen LogP contribution in [0.25, 0.3) is 0 Å². The van der Waals surface area contributed by atoms with Gasteiger partial charge < -0.3 is 10.1 Å². The molecule has 0 aliphatic carbocycles. The topological polar surface area (TPSA) is 34.2 Å². The van der Waals surface area contributed by atoms with E-state index in [1.807, 2.05) is 24.3 Å². The lowest BCUT2D eigenvalue weighted by Crippen LogP contribution is -2.06. The minimum Gasteiger partial charge on any atom is -0.488 e. The van der Waals surface area contributed by atoms with Crippen LogP contribution in [0, 0.1) is 0 Å². The molecule has 1 heterocycles. The van der Waals surface area contributed by atoms with Gasteiger partial charge in [0.05, 0.1) is 0 Å². The van der Waals surface area contributed by atoms with Gasteiger partial charge in [0.25, 0.3) is 0 Å². The molecule has 1 aromatic heterocycles. The minimum atomic E-state index is 0.416. The number of pyridine rings is 1. The molecule has 0 saturated carbocycles. The second kappa shape index (κ2) is 7.46. The largest absolute Gasteiger partial charge is 0.488 e. The van der Waals surface area contributed by atoms with Gasteiger partial charge in [0, 0.05) is 22.8 Å². The zero-order valence-electron chi connectivity index (χ0n) is 12.7. The molecule has 112 valence electrons. The van der Waals surface area contributed by atoms with E-state index in [0.717, 1.165) is 28.1 Å². The van der Waals surface area contributed by atoms with Gasteiger partial charge in [-0.2, -0.15) is 0 Å².